The van der Waals surface area contributed by atoms with Crippen LogP contribution >= 0.6 is 0 Å². The lowest BCUT2D eigenvalue weighted by atomic mass is 10.2. The molecule has 0 aliphatic carbocycles. The van der Waals surface area contributed by atoms with Crippen molar-refractivity contribution in [3.8, 4) is 11.6 Å². The van der Waals surface area contributed by atoms with E-state index in [4.69, 9.17) is 4.74 Å². The molecule has 23 heavy (non-hydrogen) atoms. The number of aromatic nitrogens is 1. The van der Waals surface area contributed by atoms with E-state index in [1.165, 1.54) is 6.07 Å². The molecule has 0 fully saturated rings. The molecule has 2 aromatic carbocycles. The van der Waals surface area contributed by atoms with E-state index >= 15 is 0 Å². The number of sulfone groups is 1. The monoisotopic (exact) mass is 325 g/mol. The topological polar surface area (TPSA) is 56.3 Å². The van der Waals surface area contributed by atoms with E-state index in [-0.39, 0.29) is 9.79 Å². The summed E-state index contributed by atoms with van der Waals surface area (Å²) in [6.45, 7) is 1.91. The first-order valence-electron chi connectivity index (χ1n) is 7.06. The lowest BCUT2D eigenvalue weighted by molar-refractivity contribution is 0.461. The molecule has 0 radical (unpaired) electrons. The molecule has 4 nitrogen and oxygen atoms in total. The average Bonchev–Trinajstić information content (AvgIpc) is 2.56. The number of hydrogen-bond donors (Lipinski definition) is 0. The average molecular weight is 325 g/mol. The van der Waals surface area contributed by atoms with Gasteiger partial charge in [0.1, 0.15) is 5.75 Å². The Balaban J connectivity index is 1.94. The minimum absolute atomic E-state index is 0.190. The normalized spacial score (nSPS) is 11.2. The summed E-state index contributed by atoms with van der Waals surface area (Å²) in [5.74, 6) is 0.842. The van der Waals surface area contributed by atoms with Crippen molar-refractivity contribution in [3.63, 3.8) is 0 Å². The van der Waals surface area contributed by atoms with Gasteiger partial charge in [-0.15, -0.1) is 0 Å². The number of aryl methyl sites for hydroxylation is 1. The van der Waals surface area contributed by atoms with E-state index in [2.05, 4.69) is 4.98 Å². The quantitative estimate of drug-likeness (QED) is 0.727. The Morgan fingerprint density at radius 3 is 2.35 bits per heavy atom. The standard InChI is InChI=1S/C18H15NO3S/c1-14-8-10-16(11-9-14)23(20,21)17-6-4-5-15(13-17)22-18-7-2-3-12-19-18/h2-13H,1H3. The Labute approximate surface area is 135 Å². The number of benzene rings is 2. The number of rotatable bonds is 4. The molecule has 0 saturated heterocycles. The number of nitrogens with zero attached hydrogens (tertiary/aromatic N) is 1. The summed E-state index contributed by atoms with van der Waals surface area (Å²) in [5, 5.41) is 0. The van der Waals surface area contributed by atoms with Crippen molar-refractivity contribution in [2.45, 2.75) is 16.7 Å². The number of ether oxygens (including phenoxy) is 1. The second-order valence-electron chi connectivity index (χ2n) is 5.06. The molecule has 0 N–H and O–H groups in total. The maximum atomic E-state index is 12.7. The van der Waals surface area contributed by atoms with Gasteiger partial charge in [-0.2, -0.15) is 0 Å². The van der Waals surface area contributed by atoms with E-state index in [0.717, 1.165) is 5.56 Å². The maximum Gasteiger partial charge on any atom is 0.219 e. The van der Waals surface area contributed by atoms with Crippen LogP contribution in [0.1, 0.15) is 5.56 Å². The van der Waals surface area contributed by atoms with Crippen LogP contribution in [0.4, 0.5) is 0 Å². The van der Waals surface area contributed by atoms with Crippen LogP contribution in [0, 0.1) is 6.92 Å². The molecule has 3 aromatic rings. The van der Waals surface area contributed by atoms with Gasteiger partial charge in [-0.3, -0.25) is 0 Å². The fourth-order valence-electron chi connectivity index (χ4n) is 2.09. The zero-order chi connectivity index (χ0) is 16.3. The van der Waals surface area contributed by atoms with Crippen molar-refractivity contribution in [1.82, 2.24) is 4.98 Å². The van der Waals surface area contributed by atoms with Gasteiger partial charge in [0.05, 0.1) is 9.79 Å². The highest BCUT2D eigenvalue weighted by molar-refractivity contribution is 7.91. The summed E-state index contributed by atoms with van der Waals surface area (Å²) in [6, 6.07) is 18.5. The minimum Gasteiger partial charge on any atom is -0.439 e. The van der Waals surface area contributed by atoms with Crippen LogP contribution in [0.2, 0.25) is 0 Å². The SMILES string of the molecule is Cc1ccc(S(=O)(=O)c2cccc(Oc3ccccn3)c2)cc1. The largest absolute Gasteiger partial charge is 0.439 e. The van der Waals surface area contributed by atoms with Crippen LogP contribution in [0.25, 0.3) is 0 Å². The molecule has 0 bridgehead atoms. The van der Waals surface area contributed by atoms with E-state index in [0.29, 0.717) is 11.6 Å². The summed E-state index contributed by atoms with van der Waals surface area (Å²) in [5.41, 5.74) is 1.01. The number of pyridine rings is 1. The Bertz CT molecular complexity index is 905. The summed E-state index contributed by atoms with van der Waals surface area (Å²) in [4.78, 5) is 4.51. The first-order valence-corrected chi connectivity index (χ1v) is 8.55. The molecule has 5 heteroatoms. The van der Waals surface area contributed by atoms with Gasteiger partial charge in [0, 0.05) is 12.3 Å². The third kappa shape index (κ3) is 3.40. The van der Waals surface area contributed by atoms with Crippen molar-refractivity contribution < 1.29 is 13.2 Å². The van der Waals surface area contributed by atoms with Gasteiger partial charge in [-0.1, -0.05) is 29.8 Å². The van der Waals surface area contributed by atoms with Crippen molar-refractivity contribution in [3.05, 3.63) is 78.5 Å². The molecule has 0 aliphatic rings. The highest BCUT2D eigenvalue weighted by atomic mass is 32.2. The predicted octanol–water partition coefficient (Wildman–Crippen LogP) is 4.02. The Hall–Kier alpha value is -2.66. The Kier molecular flexibility index (Phi) is 4.12. The van der Waals surface area contributed by atoms with Gasteiger partial charge < -0.3 is 4.74 Å². The molecular formula is C18H15NO3S. The molecule has 0 spiro atoms. The van der Waals surface area contributed by atoms with E-state index in [9.17, 15) is 8.42 Å². The zero-order valence-corrected chi connectivity index (χ0v) is 13.3. The van der Waals surface area contributed by atoms with Crippen LogP contribution < -0.4 is 4.74 Å². The summed E-state index contributed by atoms with van der Waals surface area (Å²) < 4.78 is 31.0. The molecule has 0 aliphatic heterocycles. The van der Waals surface area contributed by atoms with Gasteiger partial charge in [0.2, 0.25) is 15.7 Å². The molecule has 0 amide bonds. The van der Waals surface area contributed by atoms with Crippen LogP contribution in [-0.4, -0.2) is 13.4 Å². The van der Waals surface area contributed by atoms with E-state index in [1.807, 2.05) is 6.92 Å². The smallest absolute Gasteiger partial charge is 0.219 e. The molecule has 3 rings (SSSR count). The van der Waals surface area contributed by atoms with Gasteiger partial charge >= 0.3 is 0 Å². The van der Waals surface area contributed by atoms with Crippen molar-refractivity contribution in [1.29, 1.82) is 0 Å². The molecule has 1 aromatic heterocycles. The van der Waals surface area contributed by atoms with Gasteiger partial charge in [-0.25, -0.2) is 13.4 Å². The Morgan fingerprint density at radius 1 is 0.870 bits per heavy atom. The lowest BCUT2D eigenvalue weighted by Gasteiger charge is -2.08. The maximum absolute atomic E-state index is 12.7. The van der Waals surface area contributed by atoms with Gasteiger partial charge in [0.15, 0.2) is 0 Å². The third-order valence-corrected chi connectivity index (χ3v) is 5.07. The van der Waals surface area contributed by atoms with Crippen LogP contribution in [0.5, 0.6) is 11.6 Å². The highest BCUT2D eigenvalue weighted by Crippen LogP contribution is 2.26. The first kappa shape index (κ1) is 15.2. The Morgan fingerprint density at radius 2 is 1.65 bits per heavy atom. The first-order chi connectivity index (χ1) is 11.1. The predicted molar refractivity (Wildman–Crippen MR) is 87.4 cm³/mol. The zero-order valence-electron chi connectivity index (χ0n) is 12.5. The summed E-state index contributed by atoms with van der Waals surface area (Å²) in [6.07, 6.45) is 1.61. The van der Waals surface area contributed by atoms with Crippen LogP contribution in [0.15, 0.2) is 82.7 Å². The fraction of sp³-hybridized carbons (Fsp3) is 0.0556. The second kappa shape index (κ2) is 6.22. The fourth-order valence-corrected chi connectivity index (χ4v) is 3.38. The van der Waals surface area contributed by atoms with Crippen molar-refractivity contribution >= 4 is 9.84 Å². The highest BCUT2D eigenvalue weighted by Gasteiger charge is 2.18. The van der Waals surface area contributed by atoms with Crippen LogP contribution in [0.3, 0.4) is 0 Å². The third-order valence-electron chi connectivity index (χ3n) is 3.31. The second-order valence-corrected chi connectivity index (χ2v) is 7.01. The lowest BCUT2D eigenvalue weighted by Crippen LogP contribution is -2.02. The molecule has 0 atom stereocenters. The van der Waals surface area contributed by atoms with E-state index in [1.54, 1.807) is 66.9 Å². The van der Waals surface area contributed by atoms with E-state index < -0.39 is 9.84 Å². The van der Waals surface area contributed by atoms with Crippen LogP contribution in [-0.2, 0) is 9.84 Å². The van der Waals surface area contributed by atoms with Crippen molar-refractivity contribution in [2.24, 2.45) is 0 Å². The summed E-state index contributed by atoms with van der Waals surface area (Å²) >= 11 is 0. The van der Waals surface area contributed by atoms with Gasteiger partial charge in [0.25, 0.3) is 0 Å². The van der Waals surface area contributed by atoms with Gasteiger partial charge in [-0.05, 0) is 43.3 Å². The van der Waals surface area contributed by atoms with Crippen molar-refractivity contribution in [2.75, 3.05) is 0 Å². The number of hydrogen-bond acceptors (Lipinski definition) is 4. The summed E-state index contributed by atoms with van der Waals surface area (Å²) in [7, 11) is -3.57. The molecule has 116 valence electrons. The minimum atomic E-state index is -3.57. The molecule has 1 heterocycles. The molecule has 0 saturated carbocycles. The molecule has 0 unspecified atom stereocenters. The molecular weight excluding hydrogens is 310 g/mol.